The van der Waals surface area contributed by atoms with Crippen molar-refractivity contribution >= 4 is 21.6 Å². The Morgan fingerprint density at radius 2 is 2.05 bits per heavy atom. The Balaban J connectivity index is 2.96. The molecule has 1 aromatic rings. The Morgan fingerprint density at radius 3 is 2.53 bits per heavy atom. The van der Waals surface area contributed by atoms with E-state index in [2.05, 4.69) is 40.7 Å². The SMILES string of the molecule is CC(C)CN(CCC#N)c1ccc([C@H](C)O)c(Br)c1. The lowest BCUT2D eigenvalue weighted by molar-refractivity contribution is 0.198. The van der Waals surface area contributed by atoms with Crippen molar-refractivity contribution in [3.63, 3.8) is 0 Å². The van der Waals surface area contributed by atoms with Crippen LogP contribution in [0.3, 0.4) is 0 Å². The number of rotatable bonds is 6. The van der Waals surface area contributed by atoms with Gasteiger partial charge in [0.15, 0.2) is 0 Å². The third-order valence-electron chi connectivity index (χ3n) is 2.88. The molecule has 0 aliphatic carbocycles. The molecule has 0 saturated heterocycles. The van der Waals surface area contributed by atoms with Crippen molar-refractivity contribution in [3.05, 3.63) is 28.2 Å². The maximum Gasteiger partial charge on any atom is 0.0772 e. The Hall–Kier alpha value is -1.05. The Labute approximate surface area is 124 Å². The molecular weight excluding hydrogens is 304 g/mol. The number of hydrogen-bond donors (Lipinski definition) is 1. The van der Waals surface area contributed by atoms with E-state index in [1.807, 2.05) is 18.2 Å². The first-order chi connectivity index (χ1) is 8.95. The van der Waals surface area contributed by atoms with Crippen LogP contribution in [0, 0.1) is 17.2 Å². The van der Waals surface area contributed by atoms with Crippen LogP contribution < -0.4 is 4.90 Å². The fraction of sp³-hybridized carbons (Fsp3) is 0.533. The van der Waals surface area contributed by atoms with Gasteiger partial charge < -0.3 is 10.0 Å². The highest BCUT2D eigenvalue weighted by Crippen LogP contribution is 2.28. The Bertz CT molecular complexity index is 452. The first-order valence-electron chi connectivity index (χ1n) is 6.55. The lowest BCUT2D eigenvalue weighted by atomic mass is 10.1. The maximum atomic E-state index is 9.63. The summed E-state index contributed by atoms with van der Waals surface area (Å²) in [6.45, 7) is 7.73. The molecule has 104 valence electrons. The molecule has 1 atom stereocenters. The topological polar surface area (TPSA) is 47.3 Å². The molecule has 1 aromatic carbocycles. The molecule has 0 aliphatic heterocycles. The third-order valence-corrected chi connectivity index (χ3v) is 3.57. The van der Waals surface area contributed by atoms with Crippen molar-refractivity contribution in [3.8, 4) is 6.07 Å². The van der Waals surface area contributed by atoms with Crippen LogP contribution in [0.2, 0.25) is 0 Å². The number of aliphatic hydroxyl groups excluding tert-OH is 1. The van der Waals surface area contributed by atoms with Gasteiger partial charge in [-0.1, -0.05) is 35.8 Å². The average molecular weight is 325 g/mol. The van der Waals surface area contributed by atoms with E-state index in [0.717, 1.165) is 28.8 Å². The summed E-state index contributed by atoms with van der Waals surface area (Å²) in [5, 5.41) is 18.4. The molecule has 0 saturated carbocycles. The fourth-order valence-corrected chi connectivity index (χ4v) is 2.70. The summed E-state index contributed by atoms with van der Waals surface area (Å²) in [4.78, 5) is 2.21. The van der Waals surface area contributed by atoms with Crippen molar-refractivity contribution in [2.75, 3.05) is 18.0 Å². The number of benzene rings is 1. The molecule has 0 spiro atoms. The lowest BCUT2D eigenvalue weighted by Crippen LogP contribution is -2.28. The van der Waals surface area contributed by atoms with E-state index in [4.69, 9.17) is 5.26 Å². The summed E-state index contributed by atoms with van der Waals surface area (Å²) < 4.78 is 0.908. The van der Waals surface area contributed by atoms with Crippen LogP contribution in [0.5, 0.6) is 0 Å². The van der Waals surface area contributed by atoms with Gasteiger partial charge >= 0.3 is 0 Å². The van der Waals surface area contributed by atoms with Crippen LogP contribution in [-0.4, -0.2) is 18.2 Å². The molecule has 0 fully saturated rings. The van der Waals surface area contributed by atoms with E-state index in [0.29, 0.717) is 12.3 Å². The molecule has 0 aromatic heterocycles. The van der Waals surface area contributed by atoms with Gasteiger partial charge in [0.2, 0.25) is 0 Å². The predicted octanol–water partition coefficient (Wildman–Crippen LogP) is 3.88. The third kappa shape index (κ3) is 4.85. The van der Waals surface area contributed by atoms with Crippen LogP contribution >= 0.6 is 15.9 Å². The van der Waals surface area contributed by atoms with Gasteiger partial charge in [0.1, 0.15) is 0 Å². The van der Waals surface area contributed by atoms with Crippen molar-refractivity contribution in [2.24, 2.45) is 5.92 Å². The zero-order valence-corrected chi connectivity index (χ0v) is 13.3. The summed E-state index contributed by atoms with van der Waals surface area (Å²) in [6, 6.07) is 8.15. The number of nitrogens with zero attached hydrogens (tertiary/aromatic N) is 2. The second kappa shape index (κ2) is 7.52. The lowest BCUT2D eigenvalue weighted by Gasteiger charge is -2.26. The van der Waals surface area contributed by atoms with Crippen molar-refractivity contribution in [1.82, 2.24) is 0 Å². The van der Waals surface area contributed by atoms with E-state index in [1.165, 1.54) is 0 Å². The standard InChI is InChI=1S/C15H21BrN2O/c1-11(2)10-18(8-4-7-17)13-5-6-14(12(3)19)15(16)9-13/h5-6,9,11-12,19H,4,8,10H2,1-3H3/t12-/m0/s1. The van der Waals surface area contributed by atoms with Gasteiger partial charge in [0.05, 0.1) is 18.6 Å². The van der Waals surface area contributed by atoms with Gasteiger partial charge in [0.25, 0.3) is 0 Å². The summed E-state index contributed by atoms with van der Waals surface area (Å²) >= 11 is 3.50. The molecule has 0 radical (unpaired) electrons. The molecule has 1 rings (SSSR count). The van der Waals surface area contributed by atoms with E-state index in [-0.39, 0.29) is 0 Å². The molecule has 0 unspecified atom stereocenters. The van der Waals surface area contributed by atoms with E-state index < -0.39 is 6.10 Å². The number of aliphatic hydroxyl groups is 1. The first-order valence-corrected chi connectivity index (χ1v) is 7.34. The maximum absolute atomic E-state index is 9.63. The Morgan fingerprint density at radius 1 is 1.37 bits per heavy atom. The number of hydrogen-bond acceptors (Lipinski definition) is 3. The molecule has 4 heteroatoms. The highest BCUT2D eigenvalue weighted by molar-refractivity contribution is 9.10. The zero-order valence-electron chi connectivity index (χ0n) is 11.7. The van der Waals surface area contributed by atoms with Crippen molar-refractivity contribution < 1.29 is 5.11 Å². The number of halogens is 1. The van der Waals surface area contributed by atoms with Crippen molar-refractivity contribution in [1.29, 1.82) is 5.26 Å². The summed E-state index contributed by atoms with van der Waals surface area (Å²) in [5.41, 5.74) is 1.97. The number of nitriles is 1. The molecule has 0 aliphatic rings. The van der Waals surface area contributed by atoms with E-state index in [1.54, 1.807) is 6.92 Å². The molecule has 0 bridgehead atoms. The molecular formula is C15H21BrN2O. The highest BCUT2D eigenvalue weighted by Gasteiger charge is 2.12. The van der Waals surface area contributed by atoms with Gasteiger partial charge in [-0.15, -0.1) is 0 Å². The van der Waals surface area contributed by atoms with Crippen LogP contribution in [0.4, 0.5) is 5.69 Å². The molecule has 0 heterocycles. The normalized spacial score (nSPS) is 12.3. The van der Waals surface area contributed by atoms with Crippen molar-refractivity contribution in [2.45, 2.75) is 33.3 Å². The highest BCUT2D eigenvalue weighted by atomic mass is 79.9. The van der Waals surface area contributed by atoms with Gasteiger partial charge in [-0.05, 0) is 30.5 Å². The fourth-order valence-electron chi connectivity index (χ4n) is 2.00. The second-order valence-electron chi connectivity index (χ2n) is 5.13. The van der Waals surface area contributed by atoms with Crippen LogP contribution in [0.15, 0.2) is 22.7 Å². The summed E-state index contributed by atoms with van der Waals surface area (Å²) in [6.07, 6.45) is 0.0313. The van der Waals surface area contributed by atoms with E-state index >= 15 is 0 Å². The summed E-state index contributed by atoms with van der Waals surface area (Å²) in [7, 11) is 0. The monoisotopic (exact) mass is 324 g/mol. The van der Waals surface area contributed by atoms with Gasteiger partial charge in [-0.3, -0.25) is 0 Å². The second-order valence-corrected chi connectivity index (χ2v) is 5.98. The van der Waals surface area contributed by atoms with Crippen LogP contribution in [-0.2, 0) is 0 Å². The predicted molar refractivity (Wildman–Crippen MR) is 82.1 cm³/mol. The molecule has 0 amide bonds. The molecule has 3 nitrogen and oxygen atoms in total. The number of anilines is 1. The minimum absolute atomic E-state index is 0.485. The Kier molecular flexibility index (Phi) is 6.33. The zero-order chi connectivity index (χ0) is 14.4. The molecule has 1 N–H and O–H groups in total. The van der Waals surface area contributed by atoms with Gasteiger partial charge in [0, 0.05) is 23.2 Å². The van der Waals surface area contributed by atoms with E-state index in [9.17, 15) is 5.11 Å². The largest absolute Gasteiger partial charge is 0.389 e. The first kappa shape index (κ1) is 16.0. The van der Waals surface area contributed by atoms with Gasteiger partial charge in [-0.2, -0.15) is 5.26 Å². The minimum Gasteiger partial charge on any atom is -0.389 e. The minimum atomic E-state index is -0.485. The molecule has 19 heavy (non-hydrogen) atoms. The summed E-state index contributed by atoms with van der Waals surface area (Å²) in [5.74, 6) is 0.536. The average Bonchev–Trinajstić information content (AvgIpc) is 2.33. The van der Waals surface area contributed by atoms with Gasteiger partial charge in [-0.25, -0.2) is 0 Å². The smallest absolute Gasteiger partial charge is 0.0772 e. The quantitative estimate of drug-likeness (QED) is 0.863. The van der Waals surface area contributed by atoms with Crippen LogP contribution in [0.25, 0.3) is 0 Å². The van der Waals surface area contributed by atoms with Crippen LogP contribution in [0.1, 0.15) is 38.9 Å².